The monoisotopic (exact) mass is 389 g/mol. The van der Waals surface area contributed by atoms with Crippen molar-refractivity contribution in [1.29, 1.82) is 0 Å². The third-order valence-electron chi connectivity index (χ3n) is 3.74. The molecule has 2 heterocycles. The number of halogens is 3. The van der Waals surface area contributed by atoms with Gasteiger partial charge in [0.15, 0.2) is 5.69 Å². The number of aryl methyl sites for hydroxylation is 1. The average molecular weight is 389 g/mol. The SMILES string of the molecule is Cc1ccnc(C(=O)Nc2ccc(Oc3cc(C(F)(F)F)ccn3)cc2)c1O. The molecule has 1 aromatic carbocycles. The molecule has 28 heavy (non-hydrogen) atoms. The molecule has 0 radical (unpaired) electrons. The molecule has 0 aliphatic rings. The van der Waals surface area contributed by atoms with E-state index >= 15 is 0 Å². The van der Waals surface area contributed by atoms with Crippen LogP contribution in [0.5, 0.6) is 17.4 Å². The molecule has 144 valence electrons. The van der Waals surface area contributed by atoms with Crippen molar-refractivity contribution < 1.29 is 27.8 Å². The third-order valence-corrected chi connectivity index (χ3v) is 3.74. The van der Waals surface area contributed by atoms with Crippen LogP contribution in [0.25, 0.3) is 0 Å². The topological polar surface area (TPSA) is 84.3 Å². The number of benzene rings is 1. The van der Waals surface area contributed by atoms with Crippen LogP contribution in [0.3, 0.4) is 0 Å². The molecule has 0 saturated heterocycles. The van der Waals surface area contributed by atoms with Crippen molar-refractivity contribution in [2.24, 2.45) is 0 Å². The summed E-state index contributed by atoms with van der Waals surface area (Å²) in [6, 6.07) is 9.12. The number of nitrogens with one attached hydrogen (secondary N) is 1. The second-order valence-electron chi connectivity index (χ2n) is 5.79. The molecule has 0 atom stereocenters. The molecule has 0 unspecified atom stereocenters. The second kappa shape index (κ2) is 7.55. The van der Waals surface area contributed by atoms with Crippen LogP contribution in [-0.4, -0.2) is 21.0 Å². The zero-order valence-electron chi connectivity index (χ0n) is 14.5. The van der Waals surface area contributed by atoms with Gasteiger partial charge in [0.2, 0.25) is 5.88 Å². The summed E-state index contributed by atoms with van der Waals surface area (Å²) < 4.78 is 43.5. The fourth-order valence-corrected chi connectivity index (χ4v) is 2.28. The summed E-state index contributed by atoms with van der Waals surface area (Å²) in [6.45, 7) is 1.64. The lowest BCUT2D eigenvalue weighted by Gasteiger charge is -2.10. The first-order valence-electron chi connectivity index (χ1n) is 8.01. The molecule has 1 amide bonds. The van der Waals surface area contributed by atoms with Crippen LogP contribution in [0.4, 0.5) is 18.9 Å². The molecule has 6 nitrogen and oxygen atoms in total. The van der Waals surface area contributed by atoms with E-state index in [1.807, 2.05) is 0 Å². The molecule has 0 aliphatic carbocycles. The van der Waals surface area contributed by atoms with Crippen molar-refractivity contribution in [1.82, 2.24) is 9.97 Å². The summed E-state index contributed by atoms with van der Waals surface area (Å²) in [5, 5.41) is 12.5. The van der Waals surface area contributed by atoms with Crippen LogP contribution in [0.15, 0.2) is 54.9 Å². The van der Waals surface area contributed by atoms with Gasteiger partial charge in [0.25, 0.3) is 5.91 Å². The Morgan fingerprint density at radius 1 is 1.07 bits per heavy atom. The normalized spacial score (nSPS) is 11.1. The molecule has 3 aromatic rings. The Bertz CT molecular complexity index is 1010. The maximum Gasteiger partial charge on any atom is 0.416 e. The van der Waals surface area contributed by atoms with E-state index in [1.165, 1.54) is 30.5 Å². The fraction of sp³-hybridized carbons (Fsp3) is 0.105. The van der Waals surface area contributed by atoms with E-state index in [9.17, 15) is 23.1 Å². The van der Waals surface area contributed by atoms with Crippen LogP contribution < -0.4 is 10.1 Å². The van der Waals surface area contributed by atoms with Gasteiger partial charge in [0, 0.05) is 24.1 Å². The summed E-state index contributed by atoms with van der Waals surface area (Å²) in [7, 11) is 0. The number of carbonyl (C=O) groups excluding carboxylic acids is 1. The van der Waals surface area contributed by atoms with E-state index in [0.29, 0.717) is 11.3 Å². The number of rotatable bonds is 4. The molecule has 0 aliphatic heterocycles. The lowest BCUT2D eigenvalue weighted by Crippen LogP contribution is -2.14. The van der Waals surface area contributed by atoms with Gasteiger partial charge in [-0.3, -0.25) is 4.79 Å². The van der Waals surface area contributed by atoms with Crippen molar-refractivity contribution >= 4 is 11.6 Å². The van der Waals surface area contributed by atoms with E-state index in [1.54, 1.807) is 13.0 Å². The van der Waals surface area contributed by atoms with E-state index in [2.05, 4.69) is 15.3 Å². The van der Waals surface area contributed by atoms with E-state index in [0.717, 1.165) is 18.3 Å². The smallest absolute Gasteiger partial charge is 0.416 e. The maximum absolute atomic E-state index is 12.7. The first-order valence-corrected chi connectivity index (χ1v) is 8.01. The van der Waals surface area contributed by atoms with Gasteiger partial charge >= 0.3 is 6.18 Å². The lowest BCUT2D eigenvalue weighted by molar-refractivity contribution is -0.137. The fourth-order valence-electron chi connectivity index (χ4n) is 2.28. The molecular weight excluding hydrogens is 375 g/mol. The number of aromatic hydroxyl groups is 1. The van der Waals surface area contributed by atoms with Crippen molar-refractivity contribution in [3.8, 4) is 17.4 Å². The van der Waals surface area contributed by atoms with Gasteiger partial charge in [-0.15, -0.1) is 0 Å². The Morgan fingerprint density at radius 3 is 2.43 bits per heavy atom. The number of amides is 1. The highest BCUT2D eigenvalue weighted by Gasteiger charge is 2.31. The van der Waals surface area contributed by atoms with E-state index < -0.39 is 17.6 Å². The molecule has 0 spiro atoms. The Balaban J connectivity index is 1.70. The summed E-state index contributed by atoms with van der Waals surface area (Å²) >= 11 is 0. The molecule has 2 aromatic heterocycles. The number of hydrogen-bond acceptors (Lipinski definition) is 5. The number of pyridine rings is 2. The number of ether oxygens (including phenoxy) is 1. The van der Waals surface area contributed by atoms with Crippen molar-refractivity contribution in [3.63, 3.8) is 0 Å². The van der Waals surface area contributed by atoms with Crippen molar-refractivity contribution in [3.05, 3.63) is 71.7 Å². The number of aromatic nitrogens is 2. The van der Waals surface area contributed by atoms with Gasteiger partial charge in [-0.1, -0.05) is 0 Å². The zero-order valence-corrected chi connectivity index (χ0v) is 14.5. The number of carbonyl (C=O) groups is 1. The van der Waals surface area contributed by atoms with Crippen molar-refractivity contribution in [2.45, 2.75) is 13.1 Å². The zero-order chi connectivity index (χ0) is 20.3. The minimum atomic E-state index is -4.50. The van der Waals surface area contributed by atoms with Crippen LogP contribution in [0.1, 0.15) is 21.6 Å². The first-order chi connectivity index (χ1) is 13.2. The molecule has 2 N–H and O–H groups in total. The summed E-state index contributed by atoms with van der Waals surface area (Å²) in [5.41, 5.74) is -0.0881. The largest absolute Gasteiger partial charge is 0.505 e. The number of nitrogens with zero attached hydrogens (tertiary/aromatic N) is 2. The highest BCUT2D eigenvalue weighted by atomic mass is 19.4. The minimum absolute atomic E-state index is 0.117. The molecule has 9 heteroatoms. The quantitative estimate of drug-likeness (QED) is 0.684. The number of alkyl halides is 3. The molecule has 0 fully saturated rings. The number of hydrogen-bond donors (Lipinski definition) is 2. The molecule has 3 rings (SSSR count). The minimum Gasteiger partial charge on any atom is -0.505 e. The third kappa shape index (κ3) is 4.37. The predicted octanol–water partition coefficient (Wildman–Crippen LogP) is 4.55. The van der Waals surface area contributed by atoms with Crippen LogP contribution in [0.2, 0.25) is 0 Å². The Hall–Kier alpha value is -3.62. The van der Waals surface area contributed by atoms with Crippen molar-refractivity contribution in [2.75, 3.05) is 5.32 Å². The highest BCUT2D eigenvalue weighted by Crippen LogP contribution is 2.31. The summed E-state index contributed by atoms with van der Waals surface area (Å²) in [4.78, 5) is 19.8. The van der Waals surface area contributed by atoms with Crippen LogP contribution in [-0.2, 0) is 6.18 Å². The Kier molecular flexibility index (Phi) is 5.16. The predicted molar refractivity (Wildman–Crippen MR) is 94.3 cm³/mol. The van der Waals surface area contributed by atoms with E-state index in [-0.39, 0.29) is 23.1 Å². The lowest BCUT2D eigenvalue weighted by atomic mass is 10.2. The average Bonchev–Trinajstić information content (AvgIpc) is 2.65. The van der Waals surface area contributed by atoms with Gasteiger partial charge in [-0.25, -0.2) is 9.97 Å². The maximum atomic E-state index is 12.7. The summed E-state index contributed by atoms with van der Waals surface area (Å²) in [5.74, 6) is -0.785. The standard InChI is InChI=1S/C19H14F3N3O3/c1-11-6-8-24-16(17(11)26)18(27)25-13-2-4-14(5-3-13)28-15-10-12(7-9-23-15)19(20,21)22/h2-10,26H,1H3,(H,25,27). The number of anilines is 1. The Morgan fingerprint density at radius 2 is 1.75 bits per heavy atom. The van der Waals surface area contributed by atoms with Gasteiger partial charge in [0.05, 0.1) is 5.56 Å². The van der Waals surface area contributed by atoms with Crippen LogP contribution in [0, 0.1) is 6.92 Å². The Labute approximate surface area is 157 Å². The molecular formula is C19H14F3N3O3. The van der Waals surface area contributed by atoms with Gasteiger partial charge in [0.1, 0.15) is 11.5 Å². The molecule has 0 saturated carbocycles. The van der Waals surface area contributed by atoms with Gasteiger partial charge < -0.3 is 15.2 Å². The highest BCUT2D eigenvalue weighted by molar-refractivity contribution is 6.04. The van der Waals surface area contributed by atoms with Gasteiger partial charge in [-0.05, 0) is 48.9 Å². The first kappa shape index (κ1) is 19.2. The van der Waals surface area contributed by atoms with Crippen LogP contribution >= 0.6 is 0 Å². The molecule has 0 bridgehead atoms. The summed E-state index contributed by atoms with van der Waals surface area (Å²) in [6.07, 6.45) is -2.08. The second-order valence-corrected chi connectivity index (χ2v) is 5.79. The van der Waals surface area contributed by atoms with E-state index in [4.69, 9.17) is 4.74 Å². The van der Waals surface area contributed by atoms with Gasteiger partial charge in [-0.2, -0.15) is 13.2 Å².